The minimum atomic E-state index is -0.258. The number of aromatic nitrogens is 3. The van der Waals surface area contributed by atoms with Crippen LogP contribution in [0.4, 0.5) is 0 Å². The summed E-state index contributed by atoms with van der Waals surface area (Å²) in [4.78, 5) is 13.7. The van der Waals surface area contributed by atoms with Gasteiger partial charge in [-0.2, -0.15) is 5.10 Å². The first-order valence-corrected chi connectivity index (χ1v) is 15.7. The van der Waals surface area contributed by atoms with E-state index in [0.29, 0.717) is 44.6 Å². The van der Waals surface area contributed by atoms with Crippen LogP contribution in [0.5, 0.6) is 5.75 Å². The number of fused-ring (bicyclic) bond motifs is 3. The topological polar surface area (TPSA) is 67.5 Å². The first-order chi connectivity index (χ1) is 21.2. The monoisotopic (exact) mass is 577 g/mol. The molecule has 0 spiro atoms. The lowest BCUT2D eigenvalue weighted by Gasteiger charge is -2.13. The number of benzene rings is 3. The molecular weight excluding hydrogens is 538 g/mol. The first kappa shape index (κ1) is 27.7. The molecule has 3 aromatic carbocycles. The average molecular weight is 578 g/mol. The third-order valence-electron chi connectivity index (χ3n) is 8.78. The molecule has 1 saturated carbocycles. The number of carbonyl (C=O) groups is 1. The van der Waals surface area contributed by atoms with Gasteiger partial charge < -0.3 is 18.8 Å². The molecule has 7 rings (SSSR count). The Morgan fingerprint density at radius 3 is 2.70 bits per heavy atom. The fourth-order valence-corrected chi connectivity index (χ4v) is 6.69. The third kappa shape index (κ3) is 5.20. The molecule has 1 aliphatic heterocycles. The summed E-state index contributed by atoms with van der Waals surface area (Å²) < 4.78 is 22.5. The summed E-state index contributed by atoms with van der Waals surface area (Å²) in [6.45, 7) is 6.82. The maximum absolute atomic E-state index is 13.7. The maximum atomic E-state index is 13.7. The zero-order valence-corrected chi connectivity index (χ0v) is 25.1. The molecule has 1 fully saturated rings. The number of hydrogen-bond acceptors (Lipinski definition) is 5. The molecule has 5 aromatic rings. The van der Waals surface area contributed by atoms with Crippen LogP contribution in [0.25, 0.3) is 32.8 Å². The lowest BCUT2D eigenvalue weighted by molar-refractivity contribution is 0.0512. The molecule has 2 aliphatic rings. The van der Waals surface area contributed by atoms with Crippen LogP contribution in [0.3, 0.4) is 0 Å². The highest BCUT2D eigenvalue weighted by atomic mass is 16.5. The van der Waals surface area contributed by atoms with Crippen molar-refractivity contribution in [2.45, 2.75) is 71.6 Å². The lowest BCUT2D eigenvalue weighted by atomic mass is 9.98. The number of ether oxygens (including phenoxy) is 3. The fourth-order valence-electron chi connectivity index (χ4n) is 6.69. The lowest BCUT2D eigenvalue weighted by Crippen LogP contribution is -2.15. The van der Waals surface area contributed by atoms with Crippen LogP contribution < -0.4 is 4.74 Å². The Morgan fingerprint density at radius 2 is 1.84 bits per heavy atom. The number of carbonyl (C=O) groups excluding carboxylic acids is 1. The van der Waals surface area contributed by atoms with E-state index in [9.17, 15) is 4.79 Å². The normalized spacial score (nSPS) is 15.3. The molecule has 0 bridgehead atoms. The SMILES string of the molecule is CCOC(=O)c1c(CCCOc2cccc3ccccc23)c2cccc3c2n1CCCCOCc1nn(C2CC2)c(C)c1-3. The minimum absolute atomic E-state index is 0.258. The molecule has 7 nitrogen and oxygen atoms in total. The van der Waals surface area contributed by atoms with Crippen LogP contribution in [0, 0.1) is 6.92 Å². The van der Waals surface area contributed by atoms with Gasteiger partial charge in [-0.25, -0.2) is 4.79 Å². The molecule has 1 aliphatic carbocycles. The van der Waals surface area contributed by atoms with Crippen molar-refractivity contribution >= 4 is 27.6 Å². The van der Waals surface area contributed by atoms with E-state index in [2.05, 4.69) is 52.6 Å². The Hall–Kier alpha value is -4.10. The van der Waals surface area contributed by atoms with E-state index in [1.165, 1.54) is 23.9 Å². The van der Waals surface area contributed by atoms with Crippen LogP contribution in [-0.4, -0.2) is 40.1 Å². The van der Waals surface area contributed by atoms with Crippen LogP contribution in [0.15, 0.2) is 60.7 Å². The van der Waals surface area contributed by atoms with E-state index < -0.39 is 0 Å². The summed E-state index contributed by atoms with van der Waals surface area (Å²) in [5.74, 6) is 0.632. The molecule has 43 heavy (non-hydrogen) atoms. The van der Waals surface area contributed by atoms with Gasteiger partial charge in [0.25, 0.3) is 0 Å². The largest absolute Gasteiger partial charge is 0.493 e. The van der Waals surface area contributed by atoms with Crippen molar-refractivity contribution in [3.05, 3.63) is 83.3 Å². The van der Waals surface area contributed by atoms with Gasteiger partial charge in [0.05, 0.1) is 37.1 Å². The van der Waals surface area contributed by atoms with Crippen LogP contribution >= 0.6 is 0 Å². The molecule has 0 unspecified atom stereocenters. The number of hydrogen-bond donors (Lipinski definition) is 0. The third-order valence-corrected chi connectivity index (χ3v) is 8.78. The number of esters is 1. The Labute approximate surface area is 252 Å². The second-order valence-electron chi connectivity index (χ2n) is 11.7. The number of nitrogens with zero attached hydrogens (tertiary/aromatic N) is 3. The van der Waals surface area contributed by atoms with E-state index >= 15 is 0 Å². The van der Waals surface area contributed by atoms with Gasteiger partial charge in [-0.15, -0.1) is 0 Å². The van der Waals surface area contributed by atoms with Gasteiger partial charge >= 0.3 is 5.97 Å². The Kier molecular flexibility index (Phi) is 7.66. The fraction of sp³-hybridized carbons (Fsp3) is 0.389. The van der Waals surface area contributed by atoms with Gasteiger partial charge in [-0.05, 0) is 69.4 Å². The van der Waals surface area contributed by atoms with Gasteiger partial charge in [0.15, 0.2) is 0 Å². The van der Waals surface area contributed by atoms with Gasteiger partial charge in [0, 0.05) is 40.7 Å². The average Bonchev–Trinajstić information content (AvgIpc) is 3.75. The van der Waals surface area contributed by atoms with Crippen molar-refractivity contribution < 1.29 is 19.0 Å². The van der Waals surface area contributed by atoms with E-state index in [1.54, 1.807) is 0 Å². The predicted molar refractivity (Wildman–Crippen MR) is 169 cm³/mol. The molecule has 2 aromatic heterocycles. The molecular formula is C36H39N3O4. The summed E-state index contributed by atoms with van der Waals surface area (Å²) in [5, 5.41) is 8.44. The number of aryl methyl sites for hydroxylation is 2. The molecule has 0 amide bonds. The van der Waals surface area contributed by atoms with Gasteiger partial charge in [0.1, 0.15) is 11.4 Å². The van der Waals surface area contributed by atoms with E-state index in [1.807, 2.05) is 31.2 Å². The Morgan fingerprint density at radius 1 is 1.02 bits per heavy atom. The minimum Gasteiger partial charge on any atom is -0.493 e. The highest BCUT2D eigenvalue weighted by Crippen LogP contribution is 2.42. The molecule has 7 heteroatoms. The predicted octanol–water partition coefficient (Wildman–Crippen LogP) is 7.80. The van der Waals surface area contributed by atoms with Crippen LogP contribution in [0.1, 0.15) is 72.5 Å². The molecule has 0 atom stereocenters. The van der Waals surface area contributed by atoms with E-state index in [4.69, 9.17) is 19.3 Å². The molecule has 3 heterocycles. The summed E-state index contributed by atoms with van der Waals surface area (Å²) >= 11 is 0. The van der Waals surface area contributed by atoms with Gasteiger partial charge in [-0.3, -0.25) is 4.68 Å². The zero-order valence-electron chi connectivity index (χ0n) is 25.1. The van der Waals surface area contributed by atoms with Crippen molar-refractivity contribution in [1.29, 1.82) is 0 Å². The summed E-state index contributed by atoms with van der Waals surface area (Å²) in [6, 6.07) is 21.4. The highest BCUT2D eigenvalue weighted by molar-refractivity contribution is 6.05. The Balaban J connectivity index is 1.30. The standard InChI is InChI=1S/C36H39N3O4/c1-3-42-36(40)35-29(16-10-22-43-32-17-8-12-25-11-4-5-13-27(25)32)28-14-9-15-30-33-24(2)39(26-18-19-26)37-31(33)23-41-21-7-6-20-38(35)34(28)30/h4-5,8-9,11-15,17,26H,3,6-7,10,16,18-23H2,1-2H3. The van der Waals surface area contributed by atoms with Gasteiger partial charge in [0.2, 0.25) is 0 Å². The van der Waals surface area contributed by atoms with Crippen LogP contribution in [0.2, 0.25) is 0 Å². The maximum Gasteiger partial charge on any atom is 0.355 e. The van der Waals surface area contributed by atoms with Gasteiger partial charge in [-0.1, -0.05) is 54.6 Å². The molecule has 0 saturated heterocycles. The van der Waals surface area contributed by atoms with Crippen molar-refractivity contribution in [3.63, 3.8) is 0 Å². The number of rotatable bonds is 8. The molecule has 0 radical (unpaired) electrons. The smallest absolute Gasteiger partial charge is 0.355 e. The van der Waals surface area contributed by atoms with Crippen LogP contribution in [-0.2, 0) is 29.0 Å². The summed E-state index contributed by atoms with van der Waals surface area (Å²) in [6.07, 6.45) is 5.64. The van der Waals surface area contributed by atoms with E-state index in [0.717, 1.165) is 70.2 Å². The van der Waals surface area contributed by atoms with Crippen molar-refractivity contribution in [2.24, 2.45) is 0 Å². The van der Waals surface area contributed by atoms with Crippen molar-refractivity contribution in [2.75, 3.05) is 19.8 Å². The highest BCUT2D eigenvalue weighted by Gasteiger charge is 2.31. The summed E-state index contributed by atoms with van der Waals surface area (Å²) in [7, 11) is 0. The Bertz CT molecular complexity index is 1790. The van der Waals surface area contributed by atoms with Crippen molar-refractivity contribution in [1.82, 2.24) is 14.3 Å². The zero-order chi connectivity index (χ0) is 29.3. The second kappa shape index (κ2) is 11.9. The summed E-state index contributed by atoms with van der Waals surface area (Å²) in [5.41, 5.74) is 7.21. The first-order valence-electron chi connectivity index (χ1n) is 15.7. The molecule has 222 valence electrons. The van der Waals surface area contributed by atoms with E-state index in [-0.39, 0.29) is 5.97 Å². The van der Waals surface area contributed by atoms with Crippen molar-refractivity contribution in [3.8, 4) is 16.9 Å². The number of para-hydroxylation sites is 1. The quantitative estimate of drug-likeness (QED) is 0.139. The second-order valence-corrected chi connectivity index (χ2v) is 11.7. The molecule has 0 N–H and O–H groups in total.